The SMILES string of the molecule is NC1CCOC2=CC(Cl)=CNC21. The minimum absolute atomic E-state index is 0.112. The van der Waals surface area contributed by atoms with Gasteiger partial charge in [0.05, 0.1) is 17.7 Å². The van der Waals surface area contributed by atoms with Gasteiger partial charge in [-0.25, -0.2) is 0 Å². The van der Waals surface area contributed by atoms with Crippen LogP contribution in [0.2, 0.25) is 0 Å². The molecule has 12 heavy (non-hydrogen) atoms. The van der Waals surface area contributed by atoms with Crippen molar-refractivity contribution in [3.8, 4) is 0 Å². The quantitative estimate of drug-likeness (QED) is 0.585. The smallest absolute Gasteiger partial charge is 0.121 e. The zero-order chi connectivity index (χ0) is 8.55. The van der Waals surface area contributed by atoms with Crippen LogP contribution < -0.4 is 11.1 Å². The van der Waals surface area contributed by atoms with Gasteiger partial charge in [-0.15, -0.1) is 0 Å². The number of hydrogen-bond acceptors (Lipinski definition) is 3. The number of nitrogens with two attached hydrogens (primary N) is 1. The summed E-state index contributed by atoms with van der Waals surface area (Å²) in [7, 11) is 0. The fraction of sp³-hybridized carbons (Fsp3) is 0.500. The van der Waals surface area contributed by atoms with Gasteiger partial charge in [-0.1, -0.05) is 11.6 Å². The van der Waals surface area contributed by atoms with E-state index in [1.54, 1.807) is 6.20 Å². The van der Waals surface area contributed by atoms with Gasteiger partial charge in [-0.3, -0.25) is 0 Å². The van der Waals surface area contributed by atoms with Crippen molar-refractivity contribution in [3.05, 3.63) is 23.1 Å². The lowest BCUT2D eigenvalue weighted by atomic mass is 10.00. The van der Waals surface area contributed by atoms with E-state index in [4.69, 9.17) is 22.1 Å². The monoisotopic (exact) mass is 186 g/mol. The summed E-state index contributed by atoms with van der Waals surface area (Å²) in [6.45, 7) is 0.690. The minimum Gasteiger partial charge on any atom is -0.496 e. The Balaban J connectivity index is 2.20. The third-order valence-electron chi connectivity index (χ3n) is 2.14. The predicted octanol–water partition coefficient (Wildman–Crippen LogP) is 0.670. The number of dihydropyridines is 1. The van der Waals surface area contributed by atoms with Crippen molar-refractivity contribution in [2.75, 3.05) is 6.61 Å². The maximum Gasteiger partial charge on any atom is 0.121 e. The van der Waals surface area contributed by atoms with Gasteiger partial charge < -0.3 is 15.8 Å². The molecule has 1 fully saturated rings. The van der Waals surface area contributed by atoms with Crippen molar-refractivity contribution >= 4 is 11.6 Å². The molecule has 0 aromatic carbocycles. The average Bonchev–Trinajstić information content (AvgIpc) is 2.04. The lowest BCUT2D eigenvalue weighted by Gasteiger charge is -2.33. The maximum absolute atomic E-state index is 5.88. The number of allylic oxidation sites excluding steroid dienone is 2. The molecule has 0 spiro atoms. The molecule has 2 aliphatic rings. The molecule has 2 unspecified atom stereocenters. The predicted molar refractivity (Wildman–Crippen MR) is 47.5 cm³/mol. The van der Waals surface area contributed by atoms with Gasteiger partial charge in [0.2, 0.25) is 0 Å². The summed E-state index contributed by atoms with van der Waals surface area (Å²) >= 11 is 5.79. The van der Waals surface area contributed by atoms with Crippen LogP contribution in [0.25, 0.3) is 0 Å². The van der Waals surface area contributed by atoms with E-state index in [-0.39, 0.29) is 12.1 Å². The van der Waals surface area contributed by atoms with E-state index in [0.717, 1.165) is 12.2 Å². The average molecular weight is 187 g/mol. The van der Waals surface area contributed by atoms with Crippen molar-refractivity contribution in [1.82, 2.24) is 5.32 Å². The topological polar surface area (TPSA) is 47.3 Å². The van der Waals surface area contributed by atoms with Gasteiger partial charge in [0, 0.05) is 12.2 Å². The zero-order valence-electron chi connectivity index (χ0n) is 6.59. The lowest BCUT2D eigenvalue weighted by Crippen LogP contribution is -2.49. The van der Waals surface area contributed by atoms with Crippen molar-refractivity contribution in [1.29, 1.82) is 0 Å². The van der Waals surface area contributed by atoms with Gasteiger partial charge in [0.1, 0.15) is 5.76 Å². The van der Waals surface area contributed by atoms with E-state index in [1.165, 1.54) is 0 Å². The lowest BCUT2D eigenvalue weighted by molar-refractivity contribution is 0.130. The molecule has 0 aromatic rings. The first-order valence-electron chi connectivity index (χ1n) is 3.99. The van der Waals surface area contributed by atoms with E-state index in [1.807, 2.05) is 6.08 Å². The highest BCUT2D eigenvalue weighted by Gasteiger charge is 2.28. The van der Waals surface area contributed by atoms with Gasteiger partial charge in [0.25, 0.3) is 0 Å². The fourth-order valence-corrected chi connectivity index (χ4v) is 1.63. The van der Waals surface area contributed by atoms with Crippen molar-refractivity contribution < 1.29 is 4.74 Å². The number of nitrogens with one attached hydrogen (secondary N) is 1. The molecule has 2 heterocycles. The number of hydrogen-bond donors (Lipinski definition) is 2. The zero-order valence-corrected chi connectivity index (χ0v) is 7.34. The largest absolute Gasteiger partial charge is 0.496 e. The van der Waals surface area contributed by atoms with Gasteiger partial charge in [0.15, 0.2) is 0 Å². The molecule has 2 rings (SSSR count). The van der Waals surface area contributed by atoms with E-state index >= 15 is 0 Å². The van der Waals surface area contributed by atoms with Crippen molar-refractivity contribution in [3.63, 3.8) is 0 Å². The van der Waals surface area contributed by atoms with Crippen LogP contribution in [0.3, 0.4) is 0 Å². The number of ether oxygens (including phenoxy) is 1. The summed E-state index contributed by atoms with van der Waals surface area (Å²) in [4.78, 5) is 0. The second-order valence-electron chi connectivity index (χ2n) is 3.02. The molecule has 1 saturated heterocycles. The summed E-state index contributed by atoms with van der Waals surface area (Å²) in [5, 5.41) is 3.77. The standard InChI is InChI=1S/C8H11ClN2O/c9-5-3-7-8(11-4-5)6(10)1-2-12-7/h3-4,6,8,11H,1-2,10H2. The summed E-state index contributed by atoms with van der Waals surface area (Å²) in [6.07, 6.45) is 4.46. The van der Waals surface area contributed by atoms with Crippen molar-refractivity contribution in [2.45, 2.75) is 18.5 Å². The molecule has 3 N–H and O–H groups in total. The molecule has 4 heteroatoms. The Hall–Kier alpha value is -0.670. The molecule has 0 radical (unpaired) electrons. The van der Waals surface area contributed by atoms with Crippen LogP contribution in [0.5, 0.6) is 0 Å². The van der Waals surface area contributed by atoms with Crippen LogP contribution in [-0.4, -0.2) is 18.7 Å². The second-order valence-corrected chi connectivity index (χ2v) is 3.46. The third-order valence-corrected chi connectivity index (χ3v) is 2.35. The molecule has 0 saturated carbocycles. The normalized spacial score (nSPS) is 33.8. The van der Waals surface area contributed by atoms with Crippen LogP contribution in [0.4, 0.5) is 0 Å². The number of rotatable bonds is 0. The van der Waals surface area contributed by atoms with Crippen LogP contribution in [-0.2, 0) is 4.74 Å². The molecule has 3 nitrogen and oxygen atoms in total. The first-order valence-corrected chi connectivity index (χ1v) is 4.37. The Bertz CT molecular complexity index is 249. The van der Waals surface area contributed by atoms with Crippen LogP contribution in [0.1, 0.15) is 6.42 Å². The Kier molecular flexibility index (Phi) is 1.98. The molecule has 2 atom stereocenters. The van der Waals surface area contributed by atoms with Gasteiger partial charge in [-0.05, 0) is 12.5 Å². The van der Waals surface area contributed by atoms with E-state index in [0.29, 0.717) is 11.6 Å². The summed E-state index contributed by atoms with van der Waals surface area (Å²) < 4.78 is 5.42. The summed E-state index contributed by atoms with van der Waals surface area (Å²) in [6, 6.07) is 0.243. The fourth-order valence-electron chi connectivity index (χ4n) is 1.46. The molecule has 0 bridgehead atoms. The minimum atomic E-state index is 0.112. The van der Waals surface area contributed by atoms with Crippen LogP contribution >= 0.6 is 11.6 Å². The highest BCUT2D eigenvalue weighted by atomic mass is 35.5. The van der Waals surface area contributed by atoms with Gasteiger partial charge >= 0.3 is 0 Å². The molecule has 66 valence electrons. The number of halogens is 1. The molecule has 0 aliphatic carbocycles. The van der Waals surface area contributed by atoms with Gasteiger partial charge in [-0.2, -0.15) is 0 Å². The van der Waals surface area contributed by atoms with Crippen molar-refractivity contribution in [2.24, 2.45) is 5.73 Å². The van der Waals surface area contributed by atoms with E-state index < -0.39 is 0 Å². The first-order chi connectivity index (χ1) is 5.77. The number of fused-ring (bicyclic) bond motifs is 1. The second kappa shape index (κ2) is 2.99. The Morgan fingerprint density at radius 2 is 2.50 bits per heavy atom. The molecule has 2 aliphatic heterocycles. The molecular weight excluding hydrogens is 176 g/mol. The highest BCUT2D eigenvalue weighted by molar-refractivity contribution is 6.31. The first kappa shape index (κ1) is 7.95. The van der Waals surface area contributed by atoms with E-state index in [9.17, 15) is 0 Å². The van der Waals surface area contributed by atoms with Crippen LogP contribution in [0.15, 0.2) is 23.1 Å². The highest BCUT2D eigenvalue weighted by Crippen LogP contribution is 2.22. The molecule has 0 amide bonds. The third kappa shape index (κ3) is 1.30. The Morgan fingerprint density at radius 3 is 3.33 bits per heavy atom. The summed E-state index contributed by atoms with van der Waals surface area (Å²) in [5.41, 5.74) is 5.88. The molecule has 0 aromatic heterocycles. The Labute approximate surface area is 76.2 Å². The van der Waals surface area contributed by atoms with Crippen LogP contribution in [0, 0.1) is 0 Å². The Morgan fingerprint density at radius 1 is 1.67 bits per heavy atom. The molecular formula is C8H11ClN2O. The van der Waals surface area contributed by atoms with E-state index in [2.05, 4.69) is 5.32 Å². The maximum atomic E-state index is 5.88. The summed E-state index contributed by atoms with van der Waals surface area (Å²) in [5.74, 6) is 0.862.